The summed E-state index contributed by atoms with van der Waals surface area (Å²) in [5.41, 5.74) is 1.15. The van der Waals surface area contributed by atoms with Crippen molar-refractivity contribution in [3.63, 3.8) is 0 Å². The van der Waals surface area contributed by atoms with E-state index in [1.165, 1.54) is 0 Å². The molecule has 0 atom stereocenters. The van der Waals surface area contributed by atoms with Gasteiger partial charge in [0.1, 0.15) is 6.33 Å². The van der Waals surface area contributed by atoms with Gasteiger partial charge in [-0.05, 0) is 19.4 Å². The molecule has 4 nitrogen and oxygen atoms in total. The summed E-state index contributed by atoms with van der Waals surface area (Å²) in [5.74, 6) is 1.74. The van der Waals surface area contributed by atoms with E-state index < -0.39 is 0 Å². The smallest absolute Gasteiger partial charge is 0.193 e. The molecule has 0 saturated carbocycles. The van der Waals surface area contributed by atoms with Gasteiger partial charge in [0.15, 0.2) is 11.6 Å². The van der Waals surface area contributed by atoms with Crippen molar-refractivity contribution in [1.82, 2.24) is 14.8 Å². The van der Waals surface area contributed by atoms with Gasteiger partial charge in [-0.25, -0.2) is 9.67 Å². The molecule has 1 aliphatic rings. The molecule has 0 fully saturated rings. The number of hydrogen-bond acceptors (Lipinski definition) is 3. The van der Waals surface area contributed by atoms with Crippen LogP contribution in [0.5, 0.6) is 0 Å². The lowest BCUT2D eigenvalue weighted by Crippen LogP contribution is -2.02. The van der Waals surface area contributed by atoms with Gasteiger partial charge in [-0.2, -0.15) is 5.10 Å². The van der Waals surface area contributed by atoms with Crippen molar-refractivity contribution in [2.24, 2.45) is 0 Å². The summed E-state index contributed by atoms with van der Waals surface area (Å²) < 4.78 is 7.50. The Hall–Kier alpha value is -1.32. The van der Waals surface area contributed by atoms with Gasteiger partial charge in [0.2, 0.25) is 0 Å². The Kier molecular flexibility index (Phi) is 2.04. The van der Waals surface area contributed by atoms with Crippen LogP contribution in [0.25, 0.3) is 5.76 Å². The third-order valence-corrected chi connectivity index (χ3v) is 2.03. The molecule has 13 heavy (non-hydrogen) atoms. The second kappa shape index (κ2) is 3.20. The fourth-order valence-corrected chi connectivity index (χ4v) is 1.42. The standard InChI is InChI=1S/C9H13N3O/c1-7(2)8-9-10-6-11-12(9)4-3-5-13-8/h6H,3-5H2,1-2H3. The Labute approximate surface area is 77.2 Å². The minimum Gasteiger partial charge on any atom is -0.490 e. The van der Waals surface area contributed by atoms with Crippen LogP contribution in [0.15, 0.2) is 11.9 Å². The fraction of sp³-hybridized carbons (Fsp3) is 0.556. The van der Waals surface area contributed by atoms with E-state index in [0.29, 0.717) is 0 Å². The third-order valence-electron chi connectivity index (χ3n) is 2.03. The van der Waals surface area contributed by atoms with Crippen LogP contribution in [0.1, 0.15) is 26.1 Å². The van der Waals surface area contributed by atoms with E-state index in [2.05, 4.69) is 10.1 Å². The highest BCUT2D eigenvalue weighted by molar-refractivity contribution is 5.56. The van der Waals surface area contributed by atoms with Crippen LogP contribution < -0.4 is 0 Å². The Balaban J connectivity index is 2.48. The van der Waals surface area contributed by atoms with Crippen molar-refractivity contribution in [3.05, 3.63) is 17.7 Å². The normalized spacial score (nSPS) is 16.0. The summed E-state index contributed by atoms with van der Waals surface area (Å²) in [6, 6.07) is 0. The molecule has 4 heteroatoms. The van der Waals surface area contributed by atoms with Crippen molar-refractivity contribution in [1.29, 1.82) is 0 Å². The van der Waals surface area contributed by atoms with Crippen LogP contribution in [0.3, 0.4) is 0 Å². The maximum atomic E-state index is 5.61. The highest BCUT2D eigenvalue weighted by Gasteiger charge is 2.16. The first-order chi connectivity index (χ1) is 6.29. The van der Waals surface area contributed by atoms with Gasteiger partial charge in [-0.3, -0.25) is 0 Å². The number of aryl methyl sites for hydroxylation is 1. The Morgan fingerprint density at radius 1 is 1.54 bits per heavy atom. The molecule has 0 spiro atoms. The number of fused-ring (bicyclic) bond motifs is 1. The van der Waals surface area contributed by atoms with Crippen LogP contribution in [-0.2, 0) is 11.3 Å². The molecule has 0 saturated heterocycles. The highest BCUT2D eigenvalue weighted by Crippen LogP contribution is 2.20. The molecule has 2 rings (SSSR count). The van der Waals surface area contributed by atoms with Crippen molar-refractivity contribution < 1.29 is 4.74 Å². The molecule has 0 radical (unpaired) electrons. The first kappa shape index (κ1) is 8.29. The molecule has 1 aliphatic heterocycles. The number of allylic oxidation sites excluding steroid dienone is 1. The van der Waals surface area contributed by atoms with Crippen LogP contribution in [0, 0.1) is 0 Å². The van der Waals surface area contributed by atoms with E-state index in [4.69, 9.17) is 4.74 Å². The summed E-state index contributed by atoms with van der Waals surface area (Å²) in [5, 5.41) is 4.14. The largest absolute Gasteiger partial charge is 0.490 e. The van der Waals surface area contributed by atoms with E-state index in [1.807, 2.05) is 18.5 Å². The molecule has 0 N–H and O–H groups in total. The molecular formula is C9H13N3O. The molecule has 1 aromatic rings. The Morgan fingerprint density at radius 3 is 3.15 bits per heavy atom. The van der Waals surface area contributed by atoms with Gasteiger partial charge in [0, 0.05) is 13.0 Å². The SMILES string of the molecule is CC(C)=C1OCCCn2ncnc21. The first-order valence-electron chi connectivity index (χ1n) is 4.47. The van der Waals surface area contributed by atoms with E-state index in [1.54, 1.807) is 6.33 Å². The second-order valence-corrected chi connectivity index (χ2v) is 3.34. The summed E-state index contributed by atoms with van der Waals surface area (Å²) in [6.07, 6.45) is 2.57. The Morgan fingerprint density at radius 2 is 2.38 bits per heavy atom. The topological polar surface area (TPSA) is 39.9 Å². The van der Waals surface area contributed by atoms with Crippen LogP contribution in [0.4, 0.5) is 0 Å². The minimum atomic E-state index is 0.756. The van der Waals surface area contributed by atoms with Gasteiger partial charge >= 0.3 is 0 Å². The number of ether oxygens (including phenoxy) is 1. The summed E-state index contributed by atoms with van der Waals surface area (Å²) >= 11 is 0. The maximum Gasteiger partial charge on any atom is 0.193 e. The number of aromatic nitrogens is 3. The summed E-state index contributed by atoms with van der Waals surface area (Å²) in [4.78, 5) is 4.19. The Bertz CT molecular complexity index is 336. The third kappa shape index (κ3) is 1.43. The lowest BCUT2D eigenvalue weighted by Gasteiger charge is -2.06. The van der Waals surface area contributed by atoms with Crippen molar-refractivity contribution in [2.75, 3.05) is 6.61 Å². The number of nitrogens with zero attached hydrogens (tertiary/aromatic N) is 3. The summed E-state index contributed by atoms with van der Waals surface area (Å²) in [6.45, 7) is 5.71. The quantitative estimate of drug-likeness (QED) is 0.605. The van der Waals surface area contributed by atoms with Crippen molar-refractivity contribution in [2.45, 2.75) is 26.8 Å². The fourth-order valence-electron chi connectivity index (χ4n) is 1.42. The van der Waals surface area contributed by atoms with E-state index in [9.17, 15) is 0 Å². The van der Waals surface area contributed by atoms with Crippen LogP contribution in [-0.4, -0.2) is 21.4 Å². The second-order valence-electron chi connectivity index (χ2n) is 3.34. The predicted octanol–water partition coefficient (Wildman–Crippen LogP) is 1.45. The average Bonchev–Trinajstić information content (AvgIpc) is 2.44. The first-order valence-corrected chi connectivity index (χ1v) is 4.47. The summed E-state index contributed by atoms with van der Waals surface area (Å²) in [7, 11) is 0. The molecule has 2 heterocycles. The number of hydrogen-bond donors (Lipinski definition) is 0. The molecule has 0 amide bonds. The van der Waals surface area contributed by atoms with Crippen molar-refractivity contribution in [3.8, 4) is 0 Å². The van der Waals surface area contributed by atoms with Gasteiger partial charge in [-0.1, -0.05) is 0 Å². The van der Waals surface area contributed by atoms with E-state index >= 15 is 0 Å². The zero-order chi connectivity index (χ0) is 9.26. The lowest BCUT2D eigenvalue weighted by molar-refractivity contribution is 0.272. The average molecular weight is 179 g/mol. The zero-order valence-electron chi connectivity index (χ0n) is 7.95. The van der Waals surface area contributed by atoms with Crippen LogP contribution in [0.2, 0.25) is 0 Å². The van der Waals surface area contributed by atoms with Gasteiger partial charge in [0.05, 0.1) is 6.61 Å². The zero-order valence-corrected chi connectivity index (χ0v) is 7.95. The highest BCUT2D eigenvalue weighted by atomic mass is 16.5. The lowest BCUT2D eigenvalue weighted by atomic mass is 10.3. The van der Waals surface area contributed by atoms with E-state index in [0.717, 1.165) is 36.7 Å². The number of rotatable bonds is 0. The molecule has 0 aliphatic carbocycles. The molecular weight excluding hydrogens is 166 g/mol. The van der Waals surface area contributed by atoms with Crippen molar-refractivity contribution >= 4 is 5.76 Å². The molecule has 1 aromatic heterocycles. The van der Waals surface area contributed by atoms with Gasteiger partial charge < -0.3 is 4.74 Å². The molecule has 70 valence electrons. The maximum absolute atomic E-state index is 5.61. The van der Waals surface area contributed by atoms with Crippen LogP contribution >= 0.6 is 0 Å². The van der Waals surface area contributed by atoms with E-state index in [-0.39, 0.29) is 0 Å². The molecule has 0 aromatic carbocycles. The monoisotopic (exact) mass is 179 g/mol. The molecule has 0 unspecified atom stereocenters. The minimum absolute atomic E-state index is 0.756. The van der Waals surface area contributed by atoms with Gasteiger partial charge in [-0.15, -0.1) is 0 Å². The molecule has 0 bridgehead atoms. The van der Waals surface area contributed by atoms with Gasteiger partial charge in [0.25, 0.3) is 0 Å². The predicted molar refractivity (Wildman–Crippen MR) is 48.9 cm³/mol.